The summed E-state index contributed by atoms with van der Waals surface area (Å²) in [5.41, 5.74) is 1.53. The summed E-state index contributed by atoms with van der Waals surface area (Å²) in [6.07, 6.45) is -0.211. The summed E-state index contributed by atoms with van der Waals surface area (Å²) in [6, 6.07) is 7.09. The maximum atomic E-state index is 11.6. The number of rotatable bonds is 4. The summed E-state index contributed by atoms with van der Waals surface area (Å²) in [5, 5.41) is 0. The van der Waals surface area contributed by atoms with Gasteiger partial charge in [-0.1, -0.05) is 0 Å². The lowest BCUT2D eigenvalue weighted by molar-refractivity contribution is -0.139. The third-order valence-electron chi connectivity index (χ3n) is 2.24. The smallest absolute Gasteiger partial charge is 0.313 e. The summed E-state index contributed by atoms with van der Waals surface area (Å²) in [7, 11) is 5.11. The van der Waals surface area contributed by atoms with Crippen LogP contribution < -0.4 is 4.90 Å². The number of nitrogens with zero attached hydrogens (tertiary/aromatic N) is 1. The van der Waals surface area contributed by atoms with Gasteiger partial charge in [0.25, 0.3) is 0 Å². The number of ketones is 1. The van der Waals surface area contributed by atoms with Gasteiger partial charge in [-0.05, 0) is 24.3 Å². The van der Waals surface area contributed by atoms with E-state index in [0.717, 1.165) is 5.69 Å². The van der Waals surface area contributed by atoms with Crippen LogP contribution in [0.25, 0.3) is 0 Å². The fraction of sp³-hybridized carbons (Fsp3) is 0.333. The molecular weight excluding hydrogens is 206 g/mol. The number of methoxy groups -OCH3 is 1. The third kappa shape index (κ3) is 3.08. The zero-order valence-electron chi connectivity index (χ0n) is 9.69. The van der Waals surface area contributed by atoms with Gasteiger partial charge in [-0.2, -0.15) is 0 Å². The summed E-state index contributed by atoms with van der Waals surface area (Å²) < 4.78 is 4.44. The van der Waals surface area contributed by atoms with Crippen molar-refractivity contribution in [3.05, 3.63) is 29.8 Å². The molecule has 0 fully saturated rings. The molecule has 0 aliphatic heterocycles. The van der Waals surface area contributed by atoms with Gasteiger partial charge >= 0.3 is 5.97 Å². The second-order valence-corrected chi connectivity index (χ2v) is 3.62. The van der Waals surface area contributed by atoms with Crippen LogP contribution in [0.3, 0.4) is 0 Å². The molecule has 86 valence electrons. The van der Waals surface area contributed by atoms with Crippen LogP contribution in [-0.2, 0) is 9.53 Å². The molecule has 0 amide bonds. The van der Waals surface area contributed by atoms with Crippen molar-refractivity contribution in [2.75, 3.05) is 26.1 Å². The van der Waals surface area contributed by atoms with Crippen molar-refractivity contribution in [3.8, 4) is 0 Å². The van der Waals surface area contributed by atoms with Crippen molar-refractivity contribution < 1.29 is 14.3 Å². The quantitative estimate of drug-likeness (QED) is 0.439. The minimum atomic E-state index is -0.512. The molecule has 0 aliphatic rings. The van der Waals surface area contributed by atoms with E-state index < -0.39 is 5.97 Å². The molecule has 0 radical (unpaired) electrons. The molecule has 0 saturated heterocycles. The summed E-state index contributed by atoms with van der Waals surface area (Å²) in [5.74, 6) is -0.737. The number of carbonyl (C=O) groups excluding carboxylic acids is 2. The van der Waals surface area contributed by atoms with Gasteiger partial charge in [-0.25, -0.2) is 0 Å². The standard InChI is InChI=1S/C12H15NO3/c1-13(2)10-6-4-9(5-7-10)11(14)8-12(15)16-3/h4-7H,8H2,1-3H3. The Balaban J connectivity index is 2.74. The fourth-order valence-corrected chi connectivity index (χ4v) is 1.25. The maximum absolute atomic E-state index is 11.6. The Morgan fingerprint density at radius 2 is 1.75 bits per heavy atom. The molecule has 1 aromatic rings. The molecule has 16 heavy (non-hydrogen) atoms. The predicted molar refractivity (Wildman–Crippen MR) is 61.7 cm³/mol. The van der Waals surface area contributed by atoms with E-state index in [1.807, 2.05) is 31.1 Å². The first-order chi connectivity index (χ1) is 7.54. The molecule has 0 atom stereocenters. The van der Waals surface area contributed by atoms with Crippen LogP contribution >= 0.6 is 0 Å². The minimum Gasteiger partial charge on any atom is -0.469 e. The van der Waals surface area contributed by atoms with E-state index in [-0.39, 0.29) is 12.2 Å². The molecule has 0 aromatic heterocycles. The van der Waals surface area contributed by atoms with Crippen molar-refractivity contribution >= 4 is 17.4 Å². The first-order valence-electron chi connectivity index (χ1n) is 4.92. The fourth-order valence-electron chi connectivity index (χ4n) is 1.25. The van der Waals surface area contributed by atoms with Crippen molar-refractivity contribution in [1.82, 2.24) is 0 Å². The molecule has 0 spiro atoms. The minimum absolute atomic E-state index is 0.211. The third-order valence-corrected chi connectivity index (χ3v) is 2.24. The molecular formula is C12H15NO3. The zero-order valence-corrected chi connectivity index (χ0v) is 9.69. The van der Waals surface area contributed by atoms with Crippen LogP contribution in [-0.4, -0.2) is 33.0 Å². The van der Waals surface area contributed by atoms with E-state index in [4.69, 9.17) is 0 Å². The van der Waals surface area contributed by atoms with Crippen LogP contribution in [0.1, 0.15) is 16.8 Å². The number of anilines is 1. The van der Waals surface area contributed by atoms with Crippen LogP contribution in [0.5, 0.6) is 0 Å². The van der Waals surface area contributed by atoms with Gasteiger partial charge in [0, 0.05) is 25.3 Å². The van der Waals surface area contributed by atoms with Crippen LogP contribution in [0.4, 0.5) is 5.69 Å². The Kier molecular flexibility index (Phi) is 4.05. The molecule has 0 saturated carbocycles. The van der Waals surface area contributed by atoms with Crippen LogP contribution in [0.15, 0.2) is 24.3 Å². The van der Waals surface area contributed by atoms with Gasteiger partial charge in [0.1, 0.15) is 6.42 Å². The lowest BCUT2D eigenvalue weighted by Gasteiger charge is -2.12. The Morgan fingerprint density at radius 1 is 1.19 bits per heavy atom. The number of hydrogen-bond donors (Lipinski definition) is 0. The number of benzene rings is 1. The largest absolute Gasteiger partial charge is 0.469 e. The molecule has 0 unspecified atom stereocenters. The van der Waals surface area contributed by atoms with Crippen LogP contribution in [0, 0.1) is 0 Å². The van der Waals surface area contributed by atoms with E-state index in [1.54, 1.807) is 12.1 Å². The van der Waals surface area contributed by atoms with E-state index in [9.17, 15) is 9.59 Å². The molecule has 4 nitrogen and oxygen atoms in total. The molecule has 0 heterocycles. The number of hydrogen-bond acceptors (Lipinski definition) is 4. The highest BCUT2D eigenvalue weighted by atomic mass is 16.5. The van der Waals surface area contributed by atoms with Crippen molar-refractivity contribution in [3.63, 3.8) is 0 Å². The molecule has 0 bridgehead atoms. The number of esters is 1. The highest BCUT2D eigenvalue weighted by molar-refractivity contribution is 6.06. The number of carbonyl (C=O) groups is 2. The Labute approximate surface area is 94.8 Å². The van der Waals surface area contributed by atoms with Gasteiger partial charge < -0.3 is 9.64 Å². The van der Waals surface area contributed by atoms with Gasteiger partial charge in [-0.15, -0.1) is 0 Å². The molecule has 1 aromatic carbocycles. The van der Waals surface area contributed by atoms with Crippen LogP contribution in [0.2, 0.25) is 0 Å². The first kappa shape index (κ1) is 12.2. The zero-order chi connectivity index (χ0) is 12.1. The van der Waals surface area contributed by atoms with E-state index in [1.165, 1.54) is 7.11 Å². The molecule has 0 aliphatic carbocycles. The average molecular weight is 221 g/mol. The van der Waals surface area contributed by atoms with E-state index in [2.05, 4.69) is 4.74 Å². The summed E-state index contributed by atoms with van der Waals surface area (Å²) in [4.78, 5) is 24.4. The topological polar surface area (TPSA) is 46.6 Å². The second-order valence-electron chi connectivity index (χ2n) is 3.62. The molecule has 4 heteroatoms. The SMILES string of the molecule is COC(=O)CC(=O)c1ccc(N(C)C)cc1. The van der Waals surface area contributed by atoms with Gasteiger partial charge in [0.05, 0.1) is 7.11 Å². The van der Waals surface area contributed by atoms with E-state index in [0.29, 0.717) is 5.56 Å². The highest BCUT2D eigenvalue weighted by Gasteiger charge is 2.11. The molecule has 1 rings (SSSR count). The van der Waals surface area contributed by atoms with Gasteiger partial charge in [0.2, 0.25) is 0 Å². The lowest BCUT2D eigenvalue weighted by atomic mass is 10.1. The number of Topliss-reactive ketones (excluding diaryl/α,β-unsaturated/α-hetero) is 1. The van der Waals surface area contributed by atoms with Crippen molar-refractivity contribution in [2.45, 2.75) is 6.42 Å². The highest BCUT2D eigenvalue weighted by Crippen LogP contribution is 2.13. The normalized spacial score (nSPS) is 9.69. The summed E-state index contributed by atoms with van der Waals surface area (Å²) >= 11 is 0. The van der Waals surface area contributed by atoms with E-state index >= 15 is 0 Å². The average Bonchev–Trinajstić information content (AvgIpc) is 2.28. The number of ether oxygens (including phenoxy) is 1. The maximum Gasteiger partial charge on any atom is 0.313 e. The Morgan fingerprint density at radius 3 is 2.19 bits per heavy atom. The summed E-state index contributed by atoms with van der Waals surface area (Å²) in [6.45, 7) is 0. The van der Waals surface area contributed by atoms with Gasteiger partial charge in [0.15, 0.2) is 5.78 Å². The second kappa shape index (κ2) is 5.30. The van der Waals surface area contributed by atoms with Gasteiger partial charge in [-0.3, -0.25) is 9.59 Å². The Bertz CT molecular complexity index is 382. The predicted octanol–water partition coefficient (Wildman–Crippen LogP) is 1.50. The van der Waals surface area contributed by atoms with Crippen molar-refractivity contribution in [1.29, 1.82) is 0 Å². The first-order valence-corrected chi connectivity index (χ1v) is 4.92. The Hall–Kier alpha value is -1.84. The lowest BCUT2D eigenvalue weighted by Crippen LogP contribution is -2.11. The monoisotopic (exact) mass is 221 g/mol. The van der Waals surface area contributed by atoms with Crippen molar-refractivity contribution in [2.24, 2.45) is 0 Å². The molecule has 0 N–H and O–H groups in total.